The highest BCUT2D eigenvalue weighted by Crippen LogP contribution is 2.39. The molecule has 0 spiro atoms. The largest absolute Gasteiger partial charge is 0.317 e. The number of nitrogens with zero attached hydrogens (tertiary/aromatic N) is 4. The summed E-state index contributed by atoms with van der Waals surface area (Å²) < 4.78 is 1.96. The quantitative estimate of drug-likeness (QED) is 0.924. The van der Waals surface area contributed by atoms with E-state index in [9.17, 15) is 0 Å². The Kier molecular flexibility index (Phi) is 3.33. The van der Waals surface area contributed by atoms with Crippen LogP contribution in [0.1, 0.15) is 57.8 Å². The molecule has 0 aliphatic carbocycles. The number of piperidine rings is 1. The Morgan fingerprint density at radius 3 is 2.55 bits per heavy atom. The van der Waals surface area contributed by atoms with Crippen LogP contribution >= 0.6 is 11.3 Å². The van der Waals surface area contributed by atoms with Gasteiger partial charge in [0.05, 0.1) is 0 Å². The molecule has 0 unspecified atom stereocenters. The van der Waals surface area contributed by atoms with Gasteiger partial charge in [0.1, 0.15) is 5.01 Å². The molecule has 1 N–H and O–H groups in total. The van der Waals surface area contributed by atoms with E-state index >= 15 is 0 Å². The van der Waals surface area contributed by atoms with Crippen LogP contribution in [0.2, 0.25) is 0 Å². The summed E-state index contributed by atoms with van der Waals surface area (Å²) in [5, 5.41) is 18.2. The average molecular weight is 293 g/mol. The van der Waals surface area contributed by atoms with Gasteiger partial charge >= 0.3 is 0 Å². The fourth-order valence-electron chi connectivity index (χ4n) is 2.92. The Morgan fingerprint density at radius 1 is 1.25 bits per heavy atom. The van der Waals surface area contributed by atoms with Crippen LogP contribution in [0.15, 0.2) is 0 Å². The second-order valence-electron chi connectivity index (χ2n) is 6.76. The summed E-state index contributed by atoms with van der Waals surface area (Å²) in [5.41, 5.74) is 0.198. The first-order valence-corrected chi connectivity index (χ1v) is 8.22. The van der Waals surface area contributed by atoms with E-state index in [0.29, 0.717) is 0 Å². The van der Waals surface area contributed by atoms with Crippen molar-refractivity contribution in [3.8, 4) is 0 Å². The van der Waals surface area contributed by atoms with Gasteiger partial charge in [-0.05, 0) is 32.4 Å². The standard InChI is InChI=1S/C14H23N5S/c1-5-14(6-8-15-9-7-14)11-18-19-10(13(2,3)4)16-17-12(19)20-11/h15H,5-9H2,1-4H3. The normalized spacial score (nSPS) is 19.6. The average Bonchev–Trinajstić information content (AvgIpc) is 2.98. The summed E-state index contributed by atoms with van der Waals surface area (Å²) in [7, 11) is 0. The minimum atomic E-state index is -0.0295. The highest BCUT2D eigenvalue weighted by molar-refractivity contribution is 7.16. The van der Waals surface area contributed by atoms with Crippen molar-refractivity contribution >= 4 is 16.3 Å². The van der Waals surface area contributed by atoms with Crippen molar-refractivity contribution in [2.75, 3.05) is 13.1 Å². The molecule has 1 aliphatic rings. The van der Waals surface area contributed by atoms with E-state index in [1.165, 1.54) is 17.8 Å². The number of fused-ring (bicyclic) bond motifs is 1. The summed E-state index contributed by atoms with van der Waals surface area (Å²) in [6.45, 7) is 10.9. The van der Waals surface area contributed by atoms with Gasteiger partial charge in [-0.25, -0.2) is 0 Å². The molecule has 20 heavy (non-hydrogen) atoms. The lowest BCUT2D eigenvalue weighted by atomic mass is 9.77. The zero-order chi connectivity index (χ0) is 14.4. The van der Waals surface area contributed by atoms with Crippen molar-refractivity contribution < 1.29 is 0 Å². The Bertz CT molecular complexity index is 601. The summed E-state index contributed by atoms with van der Waals surface area (Å²) in [6.07, 6.45) is 3.47. The maximum Gasteiger partial charge on any atom is 0.234 e. The molecular formula is C14H23N5S. The molecule has 1 aliphatic heterocycles. The zero-order valence-electron chi connectivity index (χ0n) is 12.7. The Hall–Kier alpha value is -1.01. The van der Waals surface area contributed by atoms with E-state index in [4.69, 9.17) is 5.10 Å². The molecule has 5 nitrogen and oxygen atoms in total. The van der Waals surface area contributed by atoms with Gasteiger partial charge in [-0.2, -0.15) is 9.61 Å². The van der Waals surface area contributed by atoms with Crippen LogP contribution in [0.4, 0.5) is 0 Å². The van der Waals surface area contributed by atoms with Gasteiger partial charge < -0.3 is 5.32 Å². The van der Waals surface area contributed by atoms with Crippen LogP contribution in [-0.4, -0.2) is 32.9 Å². The maximum absolute atomic E-state index is 4.89. The van der Waals surface area contributed by atoms with Gasteiger partial charge in [0.2, 0.25) is 4.96 Å². The van der Waals surface area contributed by atoms with E-state index in [0.717, 1.165) is 30.3 Å². The van der Waals surface area contributed by atoms with Gasteiger partial charge in [-0.15, -0.1) is 10.2 Å². The summed E-state index contributed by atoms with van der Waals surface area (Å²) in [4.78, 5) is 0.927. The van der Waals surface area contributed by atoms with E-state index in [2.05, 4.69) is 43.2 Å². The van der Waals surface area contributed by atoms with Gasteiger partial charge in [-0.3, -0.25) is 0 Å². The van der Waals surface area contributed by atoms with E-state index in [1.54, 1.807) is 11.3 Å². The Labute approximate surface area is 123 Å². The third-order valence-corrected chi connectivity index (χ3v) is 5.50. The third-order valence-electron chi connectivity index (χ3n) is 4.35. The van der Waals surface area contributed by atoms with Crippen LogP contribution in [0.3, 0.4) is 0 Å². The number of hydrogen-bond donors (Lipinski definition) is 1. The van der Waals surface area contributed by atoms with Crippen molar-refractivity contribution in [1.29, 1.82) is 0 Å². The van der Waals surface area contributed by atoms with Crippen LogP contribution in [0.5, 0.6) is 0 Å². The first kappa shape index (κ1) is 13.9. The molecule has 2 aromatic rings. The molecule has 1 saturated heterocycles. The second-order valence-corrected chi connectivity index (χ2v) is 7.72. The maximum atomic E-state index is 4.89. The third kappa shape index (κ3) is 2.15. The predicted molar refractivity (Wildman–Crippen MR) is 81.4 cm³/mol. The van der Waals surface area contributed by atoms with Gasteiger partial charge in [0, 0.05) is 10.8 Å². The van der Waals surface area contributed by atoms with Crippen LogP contribution in [0.25, 0.3) is 4.96 Å². The van der Waals surface area contributed by atoms with Gasteiger partial charge in [-0.1, -0.05) is 39.0 Å². The van der Waals surface area contributed by atoms with E-state index in [-0.39, 0.29) is 10.8 Å². The van der Waals surface area contributed by atoms with Crippen LogP contribution in [0, 0.1) is 0 Å². The molecule has 3 heterocycles. The van der Waals surface area contributed by atoms with Crippen molar-refractivity contribution in [3.63, 3.8) is 0 Å². The van der Waals surface area contributed by atoms with Crippen molar-refractivity contribution in [1.82, 2.24) is 25.1 Å². The molecule has 0 radical (unpaired) electrons. The monoisotopic (exact) mass is 293 g/mol. The first-order chi connectivity index (χ1) is 9.46. The minimum absolute atomic E-state index is 0.0295. The highest BCUT2D eigenvalue weighted by Gasteiger charge is 2.36. The highest BCUT2D eigenvalue weighted by atomic mass is 32.1. The molecule has 2 aromatic heterocycles. The second kappa shape index (κ2) is 4.77. The summed E-state index contributed by atoms with van der Waals surface area (Å²) >= 11 is 1.71. The summed E-state index contributed by atoms with van der Waals surface area (Å²) in [5.74, 6) is 0.954. The smallest absolute Gasteiger partial charge is 0.234 e. The lowest BCUT2D eigenvalue weighted by molar-refractivity contribution is 0.294. The molecule has 0 amide bonds. The number of nitrogens with one attached hydrogen (secondary N) is 1. The molecule has 0 aromatic carbocycles. The van der Waals surface area contributed by atoms with Gasteiger partial charge in [0.25, 0.3) is 0 Å². The van der Waals surface area contributed by atoms with E-state index in [1.807, 2.05) is 4.52 Å². The molecule has 6 heteroatoms. The minimum Gasteiger partial charge on any atom is -0.317 e. The predicted octanol–water partition coefficient (Wildman–Crippen LogP) is 2.51. The lowest BCUT2D eigenvalue weighted by Gasteiger charge is -2.34. The molecule has 0 atom stereocenters. The molecule has 0 saturated carbocycles. The number of hydrogen-bond acceptors (Lipinski definition) is 5. The van der Waals surface area contributed by atoms with Crippen molar-refractivity contribution in [3.05, 3.63) is 10.8 Å². The lowest BCUT2D eigenvalue weighted by Crippen LogP contribution is -2.39. The molecule has 3 rings (SSSR count). The first-order valence-electron chi connectivity index (χ1n) is 7.40. The molecule has 110 valence electrons. The van der Waals surface area contributed by atoms with E-state index < -0.39 is 0 Å². The SMILES string of the molecule is CCC1(c2nn3c(C(C)(C)C)nnc3s2)CCNCC1. The molecular weight excluding hydrogens is 270 g/mol. The summed E-state index contributed by atoms with van der Waals surface area (Å²) in [6, 6.07) is 0. The van der Waals surface area contributed by atoms with Crippen LogP contribution < -0.4 is 5.32 Å². The zero-order valence-corrected chi connectivity index (χ0v) is 13.5. The fourth-order valence-corrected chi connectivity index (χ4v) is 4.08. The molecule has 1 fully saturated rings. The number of rotatable bonds is 2. The van der Waals surface area contributed by atoms with Gasteiger partial charge in [0.15, 0.2) is 5.82 Å². The topological polar surface area (TPSA) is 55.1 Å². The van der Waals surface area contributed by atoms with Crippen LogP contribution in [-0.2, 0) is 10.8 Å². The molecule has 0 bridgehead atoms. The van der Waals surface area contributed by atoms with Crippen molar-refractivity contribution in [2.24, 2.45) is 0 Å². The fraction of sp³-hybridized carbons (Fsp3) is 0.786. The Morgan fingerprint density at radius 2 is 1.95 bits per heavy atom. The van der Waals surface area contributed by atoms with Crippen molar-refractivity contribution in [2.45, 2.75) is 57.8 Å². The Balaban J connectivity index is 2.06. The number of aromatic nitrogens is 4.